The first-order valence-corrected chi connectivity index (χ1v) is 9.46. The molecule has 132 valence electrons. The molecule has 0 atom stereocenters. The van der Waals surface area contributed by atoms with Crippen molar-refractivity contribution in [1.82, 2.24) is 0 Å². The van der Waals surface area contributed by atoms with E-state index in [4.69, 9.17) is 0 Å². The number of benzene rings is 3. The molecule has 0 spiro atoms. The minimum atomic E-state index is -0.283. The van der Waals surface area contributed by atoms with Crippen molar-refractivity contribution in [3.63, 3.8) is 0 Å². The van der Waals surface area contributed by atoms with Crippen LogP contribution in [0.2, 0.25) is 0 Å². The number of carbonyl (C=O) groups excluding carboxylic acids is 1. The number of aryl methyl sites for hydroxylation is 1. The van der Waals surface area contributed by atoms with E-state index in [-0.39, 0.29) is 23.8 Å². The number of rotatable bonds is 6. The number of carbonyl (C=O) groups is 1. The maximum Gasteiger partial charge on any atom is 0.166 e. The molecule has 0 heterocycles. The van der Waals surface area contributed by atoms with E-state index in [9.17, 15) is 14.3 Å². The first-order valence-electron chi connectivity index (χ1n) is 8.34. The lowest BCUT2D eigenvalue weighted by atomic mass is 9.94. The molecule has 3 aromatic rings. The van der Waals surface area contributed by atoms with Crippen molar-refractivity contribution in [2.75, 3.05) is 0 Å². The van der Waals surface area contributed by atoms with Gasteiger partial charge in [-0.15, -0.1) is 0 Å². The third-order valence-corrected chi connectivity index (χ3v) is 4.97. The van der Waals surface area contributed by atoms with Gasteiger partial charge in [-0.05, 0) is 41.3 Å². The Labute approximate surface area is 160 Å². The van der Waals surface area contributed by atoms with E-state index in [0.717, 1.165) is 16.7 Å². The maximum absolute atomic E-state index is 14.1. The topological polar surface area (TPSA) is 37.3 Å². The number of hydrogen-bond donors (Lipinski definition) is 1. The molecule has 0 aliphatic carbocycles. The Balaban J connectivity index is 1.81. The SMILES string of the molecule is O=C(CCc1ccccc1-c1ccccc1F)c1ccc(CBr)cc1O. The van der Waals surface area contributed by atoms with E-state index in [1.54, 1.807) is 30.3 Å². The van der Waals surface area contributed by atoms with Gasteiger partial charge in [-0.1, -0.05) is 64.5 Å². The normalized spacial score (nSPS) is 10.7. The van der Waals surface area contributed by atoms with Crippen LogP contribution >= 0.6 is 15.9 Å². The summed E-state index contributed by atoms with van der Waals surface area (Å²) in [4.78, 5) is 12.5. The predicted molar refractivity (Wildman–Crippen MR) is 105 cm³/mol. The van der Waals surface area contributed by atoms with Gasteiger partial charge in [-0.2, -0.15) is 0 Å². The van der Waals surface area contributed by atoms with Crippen LogP contribution in [-0.2, 0) is 11.8 Å². The highest BCUT2D eigenvalue weighted by Crippen LogP contribution is 2.28. The van der Waals surface area contributed by atoms with Crippen LogP contribution in [0.5, 0.6) is 5.75 Å². The monoisotopic (exact) mass is 412 g/mol. The standard InChI is InChI=1S/C22H18BrFO2/c23-14-15-9-11-19(22(26)13-15)21(25)12-10-16-5-1-2-6-17(16)18-7-3-4-8-20(18)24/h1-9,11,13,26H,10,12,14H2. The fourth-order valence-corrected chi connectivity index (χ4v) is 3.31. The van der Waals surface area contributed by atoms with E-state index >= 15 is 0 Å². The predicted octanol–water partition coefficient (Wildman–Crippen LogP) is 5.91. The average molecular weight is 413 g/mol. The van der Waals surface area contributed by atoms with Crippen molar-refractivity contribution in [1.29, 1.82) is 0 Å². The zero-order valence-corrected chi connectivity index (χ0v) is 15.7. The van der Waals surface area contributed by atoms with Crippen LogP contribution in [0.3, 0.4) is 0 Å². The summed E-state index contributed by atoms with van der Waals surface area (Å²) in [5.74, 6) is -0.421. The molecule has 0 aliphatic heterocycles. The first kappa shape index (κ1) is 18.3. The Morgan fingerprint density at radius 3 is 2.35 bits per heavy atom. The molecule has 26 heavy (non-hydrogen) atoms. The number of Topliss-reactive ketones (excluding diaryl/α,β-unsaturated/α-hetero) is 1. The first-order chi connectivity index (χ1) is 12.6. The molecular weight excluding hydrogens is 395 g/mol. The number of aromatic hydroxyl groups is 1. The molecule has 2 nitrogen and oxygen atoms in total. The molecule has 0 fully saturated rings. The van der Waals surface area contributed by atoms with Crippen molar-refractivity contribution in [2.45, 2.75) is 18.2 Å². The van der Waals surface area contributed by atoms with Gasteiger partial charge in [0.1, 0.15) is 11.6 Å². The van der Waals surface area contributed by atoms with Crippen molar-refractivity contribution < 1.29 is 14.3 Å². The Morgan fingerprint density at radius 1 is 0.962 bits per heavy atom. The van der Waals surface area contributed by atoms with Crippen LogP contribution in [0.25, 0.3) is 11.1 Å². The van der Waals surface area contributed by atoms with Crippen LogP contribution in [0.15, 0.2) is 66.7 Å². The molecule has 3 rings (SSSR count). The smallest absolute Gasteiger partial charge is 0.166 e. The second-order valence-electron chi connectivity index (χ2n) is 6.05. The number of alkyl halides is 1. The summed E-state index contributed by atoms with van der Waals surface area (Å²) in [6.45, 7) is 0. The Kier molecular flexibility index (Phi) is 5.84. The molecule has 0 saturated heterocycles. The fourth-order valence-electron chi connectivity index (χ4n) is 2.96. The minimum Gasteiger partial charge on any atom is -0.507 e. The molecule has 0 saturated carbocycles. The second-order valence-corrected chi connectivity index (χ2v) is 6.61. The molecular formula is C22H18BrFO2. The van der Waals surface area contributed by atoms with E-state index in [1.807, 2.05) is 30.3 Å². The van der Waals surface area contributed by atoms with E-state index in [0.29, 0.717) is 22.9 Å². The van der Waals surface area contributed by atoms with Gasteiger partial charge in [0, 0.05) is 17.3 Å². The lowest BCUT2D eigenvalue weighted by molar-refractivity contribution is 0.0980. The molecule has 0 amide bonds. The molecule has 0 bridgehead atoms. The number of phenols is 1. The lowest BCUT2D eigenvalue weighted by Gasteiger charge is -2.11. The zero-order valence-electron chi connectivity index (χ0n) is 14.1. The number of ketones is 1. The van der Waals surface area contributed by atoms with E-state index in [1.165, 1.54) is 6.07 Å². The molecule has 0 aromatic heterocycles. The summed E-state index contributed by atoms with van der Waals surface area (Å²) >= 11 is 3.32. The van der Waals surface area contributed by atoms with E-state index in [2.05, 4.69) is 15.9 Å². The highest BCUT2D eigenvalue weighted by molar-refractivity contribution is 9.08. The van der Waals surface area contributed by atoms with Gasteiger partial charge in [0.25, 0.3) is 0 Å². The fraction of sp³-hybridized carbons (Fsp3) is 0.136. The molecule has 4 heteroatoms. The van der Waals surface area contributed by atoms with Crippen LogP contribution in [0.4, 0.5) is 4.39 Å². The van der Waals surface area contributed by atoms with Gasteiger partial charge < -0.3 is 5.11 Å². The second kappa shape index (κ2) is 8.28. The summed E-state index contributed by atoms with van der Waals surface area (Å²) in [6.07, 6.45) is 0.718. The molecule has 0 unspecified atom stereocenters. The third kappa shape index (κ3) is 4.02. The van der Waals surface area contributed by atoms with Crippen molar-refractivity contribution >= 4 is 21.7 Å². The lowest BCUT2D eigenvalue weighted by Crippen LogP contribution is -2.03. The summed E-state index contributed by atoms with van der Waals surface area (Å²) in [5.41, 5.74) is 3.45. The van der Waals surface area contributed by atoms with Gasteiger partial charge in [-0.3, -0.25) is 4.79 Å². The molecule has 0 aliphatic rings. The Morgan fingerprint density at radius 2 is 1.65 bits per heavy atom. The third-order valence-electron chi connectivity index (χ3n) is 4.32. The number of phenolic OH excluding ortho intramolecular Hbond substituents is 1. The zero-order chi connectivity index (χ0) is 18.5. The van der Waals surface area contributed by atoms with Gasteiger partial charge in [0.05, 0.1) is 5.56 Å². The Hall–Kier alpha value is -2.46. The quantitative estimate of drug-likeness (QED) is 0.403. The summed E-state index contributed by atoms with van der Waals surface area (Å²) in [7, 11) is 0. The van der Waals surface area contributed by atoms with Gasteiger partial charge in [0.15, 0.2) is 5.78 Å². The maximum atomic E-state index is 14.1. The minimum absolute atomic E-state index is 0.00524. The van der Waals surface area contributed by atoms with Crippen molar-refractivity contribution in [2.24, 2.45) is 0 Å². The van der Waals surface area contributed by atoms with Gasteiger partial charge in [-0.25, -0.2) is 4.39 Å². The highest BCUT2D eigenvalue weighted by Gasteiger charge is 2.14. The Bertz CT molecular complexity index is 937. The summed E-state index contributed by atoms with van der Waals surface area (Å²) in [5, 5.41) is 10.7. The average Bonchev–Trinajstić information content (AvgIpc) is 2.66. The summed E-state index contributed by atoms with van der Waals surface area (Å²) < 4.78 is 14.1. The van der Waals surface area contributed by atoms with Crippen molar-refractivity contribution in [3.8, 4) is 16.9 Å². The van der Waals surface area contributed by atoms with Crippen LogP contribution in [0.1, 0.15) is 27.9 Å². The van der Waals surface area contributed by atoms with E-state index < -0.39 is 0 Å². The van der Waals surface area contributed by atoms with Gasteiger partial charge in [0.2, 0.25) is 0 Å². The molecule has 3 aromatic carbocycles. The largest absolute Gasteiger partial charge is 0.507 e. The number of halogens is 2. The number of hydrogen-bond acceptors (Lipinski definition) is 2. The molecule has 1 N–H and O–H groups in total. The van der Waals surface area contributed by atoms with Crippen LogP contribution in [-0.4, -0.2) is 10.9 Å². The summed E-state index contributed by atoms with van der Waals surface area (Å²) in [6, 6.07) is 19.2. The van der Waals surface area contributed by atoms with Crippen LogP contribution < -0.4 is 0 Å². The van der Waals surface area contributed by atoms with Gasteiger partial charge >= 0.3 is 0 Å². The highest BCUT2D eigenvalue weighted by atomic mass is 79.9. The van der Waals surface area contributed by atoms with Crippen LogP contribution in [0, 0.1) is 5.82 Å². The van der Waals surface area contributed by atoms with Crippen molar-refractivity contribution in [3.05, 3.63) is 89.2 Å². The molecule has 0 radical (unpaired) electrons.